The van der Waals surface area contributed by atoms with Crippen molar-refractivity contribution in [3.05, 3.63) is 71.8 Å². The van der Waals surface area contributed by atoms with Gasteiger partial charge in [0.05, 0.1) is 6.61 Å². The van der Waals surface area contributed by atoms with Gasteiger partial charge in [-0.05, 0) is 42.7 Å². The van der Waals surface area contributed by atoms with Crippen LogP contribution in [0.1, 0.15) is 42.7 Å². The predicted octanol–water partition coefficient (Wildman–Crippen LogP) is 3.38. The highest BCUT2D eigenvalue weighted by molar-refractivity contribution is 5.80. The Kier molecular flexibility index (Phi) is 6.83. The maximum Gasteiger partial charge on any atom is 0.225 e. The van der Waals surface area contributed by atoms with Gasteiger partial charge < -0.3 is 20.2 Å². The molecule has 1 aliphatic carbocycles. The third kappa shape index (κ3) is 5.05. The molecule has 2 N–H and O–H groups in total. The van der Waals surface area contributed by atoms with Gasteiger partial charge in [-0.15, -0.1) is 0 Å². The van der Waals surface area contributed by atoms with Crippen LogP contribution in [0.25, 0.3) is 0 Å². The molecule has 4 rings (SSSR count). The van der Waals surface area contributed by atoms with Gasteiger partial charge in [-0.1, -0.05) is 60.7 Å². The van der Waals surface area contributed by atoms with Crippen molar-refractivity contribution >= 4 is 12.2 Å². The summed E-state index contributed by atoms with van der Waals surface area (Å²) in [7, 11) is 0. The number of rotatable bonds is 8. The van der Waals surface area contributed by atoms with Crippen LogP contribution in [0.5, 0.6) is 0 Å². The van der Waals surface area contributed by atoms with E-state index >= 15 is 0 Å². The molecule has 2 aromatic carbocycles. The highest BCUT2D eigenvalue weighted by Gasteiger charge is 2.46. The molecule has 5 nitrogen and oxygen atoms in total. The van der Waals surface area contributed by atoms with E-state index in [0.717, 1.165) is 32.2 Å². The van der Waals surface area contributed by atoms with Crippen LogP contribution in [-0.4, -0.2) is 48.9 Å². The van der Waals surface area contributed by atoms with Gasteiger partial charge in [-0.3, -0.25) is 4.79 Å². The summed E-state index contributed by atoms with van der Waals surface area (Å²) in [6.45, 7) is 2.01. The molecular weight excluding hydrogens is 388 g/mol. The standard InChI is InChI=1S/C26H32N2O3/c27-26(19-31-16-15-29)17-23(18-26)25(30)28-13-11-22(12-14-28)24(20-7-3-1-4-8-20)21-9-5-2-6-10-21/h1-10,15,22-24H,11-14,16-19,27H2. The number of nitrogens with zero attached hydrogens (tertiary/aromatic N) is 1. The second-order valence-electron chi connectivity index (χ2n) is 9.11. The molecule has 2 fully saturated rings. The number of ether oxygens (including phenoxy) is 1. The minimum absolute atomic E-state index is 0.0135. The molecule has 0 atom stereocenters. The molecule has 0 bridgehead atoms. The molecule has 1 heterocycles. The van der Waals surface area contributed by atoms with Crippen molar-refractivity contribution in [3.8, 4) is 0 Å². The topological polar surface area (TPSA) is 72.6 Å². The van der Waals surface area contributed by atoms with Gasteiger partial charge in [-0.25, -0.2) is 0 Å². The lowest BCUT2D eigenvalue weighted by Crippen LogP contribution is -2.59. The number of aldehydes is 1. The zero-order valence-corrected chi connectivity index (χ0v) is 18.0. The van der Waals surface area contributed by atoms with Crippen LogP contribution in [0.3, 0.4) is 0 Å². The van der Waals surface area contributed by atoms with Crippen LogP contribution in [0, 0.1) is 11.8 Å². The molecule has 2 aromatic rings. The Labute approximate surface area is 184 Å². The molecule has 1 aliphatic heterocycles. The van der Waals surface area contributed by atoms with Crippen molar-refractivity contribution in [3.63, 3.8) is 0 Å². The smallest absolute Gasteiger partial charge is 0.225 e. The van der Waals surface area contributed by atoms with E-state index in [-0.39, 0.29) is 18.4 Å². The Balaban J connectivity index is 1.35. The van der Waals surface area contributed by atoms with Gasteiger partial charge in [0.25, 0.3) is 0 Å². The Morgan fingerprint density at radius 1 is 1.03 bits per heavy atom. The van der Waals surface area contributed by atoms with E-state index in [1.807, 2.05) is 4.90 Å². The van der Waals surface area contributed by atoms with Crippen molar-refractivity contribution in [2.24, 2.45) is 17.6 Å². The number of benzene rings is 2. The number of hydrogen-bond acceptors (Lipinski definition) is 4. The summed E-state index contributed by atoms with van der Waals surface area (Å²) in [5, 5.41) is 0. The lowest BCUT2D eigenvalue weighted by molar-refractivity contribution is -0.143. The van der Waals surface area contributed by atoms with Gasteiger partial charge in [0.15, 0.2) is 0 Å². The van der Waals surface area contributed by atoms with Gasteiger partial charge in [-0.2, -0.15) is 0 Å². The first kappa shape index (κ1) is 21.7. The molecule has 0 unspecified atom stereocenters. The third-order valence-corrected chi connectivity index (χ3v) is 6.87. The monoisotopic (exact) mass is 420 g/mol. The van der Waals surface area contributed by atoms with Crippen LogP contribution < -0.4 is 5.73 Å². The number of carbonyl (C=O) groups is 2. The quantitative estimate of drug-likeness (QED) is 0.525. The van der Waals surface area contributed by atoms with Crippen LogP contribution >= 0.6 is 0 Å². The van der Waals surface area contributed by atoms with Crippen LogP contribution in [0.4, 0.5) is 0 Å². The Bertz CT molecular complexity index is 817. The minimum atomic E-state index is -0.465. The molecule has 0 spiro atoms. The molecule has 2 aliphatic rings. The second-order valence-corrected chi connectivity index (χ2v) is 9.11. The van der Waals surface area contributed by atoms with Gasteiger partial charge in [0.2, 0.25) is 5.91 Å². The number of hydrogen-bond donors (Lipinski definition) is 1. The van der Waals surface area contributed by atoms with Crippen molar-refractivity contribution < 1.29 is 14.3 Å². The van der Waals surface area contributed by atoms with E-state index in [9.17, 15) is 9.59 Å². The van der Waals surface area contributed by atoms with Crippen molar-refractivity contribution in [2.75, 3.05) is 26.3 Å². The number of amides is 1. The number of likely N-dealkylation sites (tertiary alicyclic amines) is 1. The molecular formula is C26H32N2O3. The molecule has 1 saturated carbocycles. The normalized spacial score (nSPS) is 24.1. The Hall–Kier alpha value is -2.50. The number of piperidine rings is 1. The van der Waals surface area contributed by atoms with E-state index in [1.165, 1.54) is 11.1 Å². The molecule has 0 radical (unpaired) electrons. The molecule has 164 valence electrons. The summed E-state index contributed by atoms with van der Waals surface area (Å²) in [6.07, 6.45) is 4.02. The summed E-state index contributed by atoms with van der Waals surface area (Å²) in [5.41, 5.74) is 8.51. The Morgan fingerprint density at radius 3 is 2.10 bits per heavy atom. The molecule has 1 amide bonds. The highest BCUT2D eigenvalue weighted by Crippen LogP contribution is 2.40. The summed E-state index contributed by atoms with van der Waals surface area (Å²) < 4.78 is 5.27. The SMILES string of the molecule is NC1(COCC=O)CC(C(=O)N2CCC(C(c3ccccc3)c3ccccc3)CC2)C1. The summed E-state index contributed by atoms with van der Waals surface area (Å²) in [5.74, 6) is 1.09. The van der Waals surface area contributed by atoms with E-state index in [4.69, 9.17) is 10.5 Å². The van der Waals surface area contributed by atoms with Crippen LogP contribution in [0.15, 0.2) is 60.7 Å². The van der Waals surface area contributed by atoms with E-state index < -0.39 is 5.54 Å². The third-order valence-electron chi connectivity index (χ3n) is 6.87. The van der Waals surface area contributed by atoms with Gasteiger partial charge in [0, 0.05) is 30.5 Å². The Morgan fingerprint density at radius 2 is 1.58 bits per heavy atom. The first-order chi connectivity index (χ1) is 15.1. The second kappa shape index (κ2) is 9.75. The lowest BCUT2D eigenvalue weighted by Gasteiger charge is -2.46. The molecule has 31 heavy (non-hydrogen) atoms. The minimum Gasteiger partial charge on any atom is -0.372 e. The van der Waals surface area contributed by atoms with Crippen molar-refractivity contribution in [1.29, 1.82) is 0 Å². The average Bonchev–Trinajstić information content (AvgIpc) is 2.79. The summed E-state index contributed by atoms with van der Waals surface area (Å²) >= 11 is 0. The van der Waals surface area contributed by atoms with Crippen LogP contribution in [-0.2, 0) is 14.3 Å². The lowest BCUT2D eigenvalue weighted by atomic mass is 9.68. The summed E-state index contributed by atoms with van der Waals surface area (Å²) in [4.78, 5) is 25.4. The molecule has 1 saturated heterocycles. The molecule has 5 heteroatoms. The summed E-state index contributed by atoms with van der Waals surface area (Å²) in [6, 6.07) is 21.4. The maximum absolute atomic E-state index is 13.0. The van der Waals surface area contributed by atoms with Crippen LogP contribution in [0.2, 0.25) is 0 Å². The van der Waals surface area contributed by atoms with Crippen molar-refractivity contribution in [1.82, 2.24) is 4.90 Å². The highest BCUT2D eigenvalue weighted by atomic mass is 16.5. The first-order valence-electron chi connectivity index (χ1n) is 11.3. The van der Waals surface area contributed by atoms with E-state index in [2.05, 4.69) is 60.7 Å². The van der Waals surface area contributed by atoms with Gasteiger partial charge >= 0.3 is 0 Å². The number of nitrogens with two attached hydrogens (primary N) is 1. The maximum atomic E-state index is 13.0. The largest absolute Gasteiger partial charge is 0.372 e. The van der Waals surface area contributed by atoms with E-state index in [1.54, 1.807) is 0 Å². The zero-order valence-electron chi connectivity index (χ0n) is 18.0. The fourth-order valence-electron chi connectivity index (χ4n) is 5.29. The first-order valence-corrected chi connectivity index (χ1v) is 11.3. The average molecular weight is 421 g/mol. The predicted molar refractivity (Wildman–Crippen MR) is 121 cm³/mol. The fourth-order valence-corrected chi connectivity index (χ4v) is 5.29. The van der Waals surface area contributed by atoms with E-state index in [0.29, 0.717) is 31.3 Å². The zero-order chi connectivity index (χ0) is 21.7. The van der Waals surface area contributed by atoms with Crippen molar-refractivity contribution in [2.45, 2.75) is 37.1 Å². The number of carbonyl (C=O) groups excluding carboxylic acids is 2. The fraction of sp³-hybridized carbons (Fsp3) is 0.462. The molecule has 0 aromatic heterocycles. The van der Waals surface area contributed by atoms with Gasteiger partial charge in [0.1, 0.15) is 12.9 Å².